The van der Waals surface area contributed by atoms with Crippen LogP contribution in [0.25, 0.3) is 22.3 Å². The van der Waals surface area contributed by atoms with Crippen molar-refractivity contribution in [2.75, 3.05) is 0 Å². The van der Waals surface area contributed by atoms with Crippen molar-refractivity contribution in [3.05, 3.63) is 42.6 Å². The Morgan fingerprint density at radius 3 is 2.79 bits per heavy atom. The van der Waals surface area contributed by atoms with E-state index in [1.807, 2.05) is 36.4 Å². The molecule has 14 heavy (non-hydrogen) atoms. The molecule has 0 saturated heterocycles. The summed E-state index contributed by atoms with van der Waals surface area (Å²) in [6.45, 7) is 0. The molecule has 2 aliphatic rings. The van der Waals surface area contributed by atoms with Crippen LogP contribution in [0.4, 0.5) is 0 Å². The van der Waals surface area contributed by atoms with Gasteiger partial charge in [0, 0.05) is 5.39 Å². The predicted octanol–water partition coefficient (Wildman–Crippen LogP) is 2.13. The molecule has 0 saturated carbocycles. The fourth-order valence-corrected chi connectivity index (χ4v) is 1.50. The summed E-state index contributed by atoms with van der Waals surface area (Å²) in [7, 11) is 0. The minimum atomic E-state index is 0.834. The summed E-state index contributed by atoms with van der Waals surface area (Å²) in [4.78, 5) is 4.48. The minimum Gasteiger partial charge on any atom is -0.244 e. The van der Waals surface area contributed by atoms with Crippen LogP contribution in [0, 0.1) is 0 Å². The Morgan fingerprint density at radius 2 is 1.79 bits per heavy atom. The van der Waals surface area contributed by atoms with E-state index in [-0.39, 0.29) is 0 Å². The molecule has 0 N–H and O–H groups in total. The van der Waals surface area contributed by atoms with E-state index in [4.69, 9.17) is 0 Å². The lowest BCUT2D eigenvalue weighted by atomic mass is 10.2. The molecule has 2 aliphatic heterocycles. The molecule has 0 atom stereocenters. The van der Waals surface area contributed by atoms with E-state index in [0.717, 1.165) is 22.3 Å². The second-order valence-electron chi connectivity index (χ2n) is 3.12. The summed E-state index contributed by atoms with van der Waals surface area (Å²) in [6, 6.07) is 12.0. The van der Waals surface area contributed by atoms with E-state index in [2.05, 4.69) is 15.2 Å². The Bertz CT molecular complexity index is 562. The summed E-state index contributed by atoms with van der Waals surface area (Å²) in [5.74, 6) is 0. The number of hydrogen-bond donors (Lipinski definition) is 0. The molecule has 0 radical (unpaired) electrons. The molecule has 66 valence electrons. The molecule has 0 aromatic heterocycles. The van der Waals surface area contributed by atoms with Crippen LogP contribution in [0.3, 0.4) is 0 Å². The summed E-state index contributed by atoms with van der Waals surface area (Å²) < 4.78 is 0. The molecule has 0 fully saturated rings. The van der Waals surface area contributed by atoms with Crippen molar-refractivity contribution in [2.45, 2.75) is 0 Å². The molecule has 0 aliphatic carbocycles. The van der Waals surface area contributed by atoms with Gasteiger partial charge in [-0.2, -0.15) is 5.10 Å². The number of aromatic nitrogens is 3. The first-order valence-electron chi connectivity index (χ1n) is 4.41. The van der Waals surface area contributed by atoms with Crippen LogP contribution in [-0.2, 0) is 0 Å². The largest absolute Gasteiger partial charge is 0.244 e. The van der Waals surface area contributed by atoms with Crippen LogP contribution >= 0.6 is 0 Å². The molecular formula is C11H7N3. The van der Waals surface area contributed by atoms with Crippen molar-refractivity contribution >= 4 is 10.9 Å². The fraction of sp³-hybridized carbons (Fsp3) is 0. The maximum Gasteiger partial charge on any atom is 0.113 e. The first-order chi connectivity index (χ1) is 6.93. The van der Waals surface area contributed by atoms with Gasteiger partial charge in [0.25, 0.3) is 0 Å². The maximum atomic E-state index is 4.48. The molecule has 3 nitrogen and oxygen atoms in total. The number of para-hydroxylation sites is 1. The van der Waals surface area contributed by atoms with Gasteiger partial charge in [-0.1, -0.05) is 24.3 Å². The number of nitrogens with zero attached hydrogens (tertiary/aromatic N) is 3. The molecule has 3 rings (SSSR count). The smallest absolute Gasteiger partial charge is 0.113 e. The van der Waals surface area contributed by atoms with Crippen molar-refractivity contribution in [3.63, 3.8) is 0 Å². The lowest BCUT2D eigenvalue weighted by Gasteiger charge is -1.88. The van der Waals surface area contributed by atoms with Crippen molar-refractivity contribution in [3.8, 4) is 11.4 Å². The SMILES string of the molecule is c1ccc2nc3cnnc-3ccc2c1. The van der Waals surface area contributed by atoms with Crippen molar-refractivity contribution in [2.24, 2.45) is 0 Å². The fourth-order valence-electron chi connectivity index (χ4n) is 1.50. The minimum absolute atomic E-state index is 0.834. The standard InChI is InChI=1S/C11H7N3/c1-2-4-9-8(3-1)5-6-10-11(13-9)7-12-14-10/h1-7H. The van der Waals surface area contributed by atoms with E-state index < -0.39 is 0 Å². The molecule has 3 heteroatoms. The molecule has 1 aromatic carbocycles. The summed E-state index contributed by atoms with van der Waals surface area (Å²) in [5, 5.41) is 8.91. The Kier molecular flexibility index (Phi) is 1.44. The van der Waals surface area contributed by atoms with Crippen LogP contribution < -0.4 is 0 Å². The zero-order chi connectivity index (χ0) is 9.38. The Hall–Kier alpha value is -2.03. The molecular weight excluding hydrogens is 174 g/mol. The molecule has 0 unspecified atom stereocenters. The van der Waals surface area contributed by atoms with Crippen LogP contribution in [0.5, 0.6) is 0 Å². The van der Waals surface area contributed by atoms with Gasteiger partial charge in [0.05, 0.1) is 11.7 Å². The molecule has 0 bridgehead atoms. The first-order valence-corrected chi connectivity index (χ1v) is 4.41. The van der Waals surface area contributed by atoms with Crippen LogP contribution in [0.1, 0.15) is 0 Å². The van der Waals surface area contributed by atoms with E-state index >= 15 is 0 Å². The van der Waals surface area contributed by atoms with Gasteiger partial charge in [-0.15, -0.1) is 5.10 Å². The number of rotatable bonds is 0. The summed E-state index contributed by atoms with van der Waals surface area (Å²) in [5.41, 5.74) is 2.64. The third-order valence-electron chi connectivity index (χ3n) is 2.21. The van der Waals surface area contributed by atoms with Crippen LogP contribution in [0.2, 0.25) is 0 Å². The van der Waals surface area contributed by atoms with Gasteiger partial charge in [-0.05, 0) is 12.1 Å². The molecule has 2 heterocycles. The predicted molar refractivity (Wildman–Crippen MR) is 54.0 cm³/mol. The topological polar surface area (TPSA) is 38.7 Å². The number of benzene rings is 1. The van der Waals surface area contributed by atoms with Crippen molar-refractivity contribution in [1.29, 1.82) is 0 Å². The quantitative estimate of drug-likeness (QED) is 0.533. The zero-order valence-corrected chi connectivity index (χ0v) is 7.38. The van der Waals surface area contributed by atoms with Gasteiger partial charge in [0.2, 0.25) is 0 Å². The second-order valence-corrected chi connectivity index (χ2v) is 3.12. The van der Waals surface area contributed by atoms with E-state index in [1.165, 1.54) is 0 Å². The normalized spacial score (nSPS) is 10.9. The van der Waals surface area contributed by atoms with Crippen molar-refractivity contribution < 1.29 is 0 Å². The van der Waals surface area contributed by atoms with Gasteiger partial charge < -0.3 is 0 Å². The van der Waals surface area contributed by atoms with Gasteiger partial charge in [-0.25, -0.2) is 4.98 Å². The third kappa shape index (κ3) is 1.03. The van der Waals surface area contributed by atoms with Gasteiger partial charge in [0.15, 0.2) is 0 Å². The maximum absolute atomic E-state index is 4.48. The molecule has 1 aromatic rings. The highest BCUT2D eigenvalue weighted by Crippen LogP contribution is 2.18. The number of fused-ring (bicyclic) bond motifs is 2. The van der Waals surface area contributed by atoms with Crippen molar-refractivity contribution in [1.82, 2.24) is 15.2 Å². The average Bonchev–Trinajstić information content (AvgIpc) is 2.58. The third-order valence-corrected chi connectivity index (χ3v) is 2.21. The first kappa shape index (κ1) is 7.38. The van der Waals surface area contributed by atoms with E-state index in [9.17, 15) is 0 Å². The highest BCUT2D eigenvalue weighted by atomic mass is 15.1. The highest BCUT2D eigenvalue weighted by molar-refractivity contribution is 5.80. The molecule has 0 spiro atoms. The Morgan fingerprint density at radius 1 is 0.857 bits per heavy atom. The van der Waals surface area contributed by atoms with Gasteiger partial charge in [0.1, 0.15) is 11.4 Å². The van der Waals surface area contributed by atoms with E-state index in [0.29, 0.717) is 0 Å². The van der Waals surface area contributed by atoms with Crippen LogP contribution in [0.15, 0.2) is 42.6 Å². The summed E-state index contributed by atoms with van der Waals surface area (Å²) in [6.07, 6.45) is 1.68. The Labute approximate surface area is 80.8 Å². The second kappa shape index (κ2) is 2.73. The highest BCUT2D eigenvalue weighted by Gasteiger charge is 2.04. The van der Waals surface area contributed by atoms with E-state index in [1.54, 1.807) is 6.20 Å². The number of hydrogen-bond acceptors (Lipinski definition) is 3. The van der Waals surface area contributed by atoms with Gasteiger partial charge >= 0.3 is 0 Å². The lowest BCUT2D eigenvalue weighted by molar-refractivity contribution is 1.10. The summed E-state index contributed by atoms with van der Waals surface area (Å²) >= 11 is 0. The zero-order valence-electron chi connectivity index (χ0n) is 7.38. The lowest BCUT2D eigenvalue weighted by Crippen LogP contribution is -1.74. The average molecular weight is 181 g/mol. The van der Waals surface area contributed by atoms with Gasteiger partial charge in [-0.3, -0.25) is 0 Å². The Balaban J connectivity index is 2.48. The molecule has 0 amide bonds. The monoisotopic (exact) mass is 181 g/mol. The van der Waals surface area contributed by atoms with Crippen LogP contribution in [-0.4, -0.2) is 15.2 Å².